The van der Waals surface area contributed by atoms with Gasteiger partial charge in [0, 0.05) is 26.3 Å². The van der Waals surface area contributed by atoms with E-state index in [1.807, 2.05) is 19.3 Å². The number of aromatic nitrogens is 1. The van der Waals surface area contributed by atoms with E-state index in [9.17, 15) is 4.79 Å². The van der Waals surface area contributed by atoms with E-state index in [0.717, 1.165) is 38.3 Å². The molecule has 1 unspecified atom stereocenters. The molecule has 0 radical (unpaired) electrons. The van der Waals surface area contributed by atoms with Gasteiger partial charge in [0.1, 0.15) is 5.82 Å². The molecule has 5 nitrogen and oxygen atoms in total. The molecule has 98 valence electrons. The van der Waals surface area contributed by atoms with Crippen LogP contribution in [0.25, 0.3) is 0 Å². The Morgan fingerprint density at radius 1 is 1.61 bits per heavy atom. The van der Waals surface area contributed by atoms with Gasteiger partial charge < -0.3 is 11.1 Å². The first kappa shape index (κ1) is 12.8. The van der Waals surface area contributed by atoms with Crippen LogP contribution in [0.1, 0.15) is 18.4 Å². The Labute approximate surface area is 107 Å². The van der Waals surface area contributed by atoms with Crippen LogP contribution in [0, 0.1) is 5.92 Å². The number of amides is 1. The molecular weight excluding hydrogens is 228 g/mol. The minimum absolute atomic E-state index is 0.00305. The fourth-order valence-corrected chi connectivity index (χ4v) is 2.36. The first-order valence-electron chi connectivity index (χ1n) is 6.33. The summed E-state index contributed by atoms with van der Waals surface area (Å²) in [5.41, 5.74) is 6.54. The van der Waals surface area contributed by atoms with Gasteiger partial charge in [-0.15, -0.1) is 0 Å². The number of piperidine rings is 1. The van der Waals surface area contributed by atoms with E-state index in [4.69, 9.17) is 5.73 Å². The first-order chi connectivity index (χ1) is 8.69. The van der Waals surface area contributed by atoms with E-state index in [0.29, 0.717) is 0 Å². The second kappa shape index (κ2) is 5.82. The number of nitrogens with two attached hydrogens (primary N) is 1. The fourth-order valence-electron chi connectivity index (χ4n) is 2.36. The first-order valence-corrected chi connectivity index (χ1v) is 6.33. The zero-order valence-corrected chi connectivity index (χ0v) is 10.7. The van der Waals surface area contributed by atoms with Crippen molar-refractivity contribution in [1.82, 2.24) is 9.88 Å². The summed E-state index contributed by atoms with van der Waals surface area (Å²) in [6, 6.07) is 4.03. The van der Waals surface area contributed by atoms with Gasteiger partial charge in [-0.25, -0.2) is 4.98 Å². The van der Waals surface area contributed by atoms with Gasteiger partial charge in [0.05, 0.1) is 5.92 Å². The van der Waals surface area contributed by atoms with Crippen molar-refractivity contribution < 1.29 is 4.79 Å². The van der Waals surface area contributed by atoms with Gasteiger partial charge in [-0.2, -0.15) is 0 Å². The lowest BCUT2D eigenvalue weighted by Crippen LogP contribution is -2.40. The van der Waals surface area contributed by atoms with Gasteiger partial charge in [0.25, 0.3) is 0 Å². The Bertz CT molecular complexity index is 404. The van der Waals surface area contributed by atoms with Crippen LogP contribution in [-0.2, 0) is 11.3 Å². The maximum atomic E-state index is 11.2. The maximum Gasteiger partial charge on any atom is 0.221 e. The number of nitrogens with one attached hydrogen (secondary N) is 1. The van der Waals surface area contributed by atoms with Gasteiger partial charge in [-0.05, 0) is 31.0 Å². The molecule has 0 spiro atoms. The summed E-state index contributed by atoms with van der Waals surface area (Å²) in [7, 11) is 1.85. The average Bonchev–Trinajstić information content (AvgIpc) is 2.40. The Hall–Kier alpha value is -1.62. The number of pyridine rings is 1. The SMILES string of the molecule is CNc1ccc(CN2CCCC(C(N)=O)C2)cn1. The summed E-state index contributed by atoms with van der Waals surface area (Å²) in [5.74, 6) is 0.694. The zero-order valence-electron chi connectivity index (χ0n) is 10.7. The molecule has 18 heavy (non-hydrogen) atoms. The summed E-state index contributed by atoms with van der Waals surface area (Å²) in [6.45, 7) is 2.63. The number of rotatable bonds is 4. The number of nitrogens with zero attached hydrogens (tertiary/aromatic N) is 2. The Morgan fingerprint density at radius 3 is 3.06 bits per heavy atom. The van der Waals surface area contributed by atoms with Crippen molar-refractivity contribution >= 4 is 11.7 Å². The van der Waals surface area contributed by atoms with Crippen molar-refractivity contribution in [3.8, 4) is 0 Å². The molecule has 1 fully saturated rings. The Morgan fingerprint density at radius 2 is 2.44 bits per heavy atom. The van der Waals surface area contributed by atoms with Gasteiger partial charge >= 0.3 is 0 Å². The highest BCUT2D eigenvalue weighted by Gasteiger charge is 2.23. The number of primary amides is 1. The molecule has 2 rings (SSSR count). The van der Waals surface area contributed by atoms with E-state index >= 15 is 0 Å². The van der Waals surface area contributed by atoms with E-state index in [2.05, 4.69) is 21.3 Å². The van der Waals surface area contributed by atoms with Crippen LogP contribution >= 0.6 is 0 Å². The van der Waals surface area contributed by atoms with Crippen LogP contribution in [0.5, 0.6) is 0 Å². The van der Waals surface area contributed by atoms with Crippen molar-refractivity contribution in [3.63, 3.8) is 0 Å². The van der Waals surface area contributed by atoms with E-state index < -0.39 is 0 Å². The van der Waals surface area contributed by atoms with E-state index in [-0.39, 0.29) is 11.8 Å². The largest absolute Gasteiger partial charge is 0.373 e. The minimum atomic E-state index is -0.177. The lowest BCUT2D eigenvalue weighted by atomic mass is 9.97. The number of hydrogen-bond donors (Lipinski definition) is 2. The quantitative estimate of drug-likeness (QED) is 0.827. The Balaban J connectivity index is 1.93. The minimum Gasteiger partial charge on any atom is -0.373 e. The third-order valence-corrected chi connectivity index (χ3v) is 3.39. The highest BCUT2D eigenvalue weighted by Crippen LogP contribution is 2.18. The maximum absolute atomic E-state index is 11.2. The molecule has 0 aromatic carbocycles. The summed E-state index contributed by atoms with van der Waals surface area (Å²) in [6.07, 6.45) is 3.83. The summed E-state index contributed by atoms with van der Waals surface area (Å²) >= 11 is 0. The molecule has 1 aliphatic heterocycles. The molecular formula is C13H20N4O. The number of carbonyl (C=O) groups is 1. The van der Waals surface area contributed by atoms with Gasteiger partial charge in [-0.1, -0.05) is 6.07 Å². The standard InChI is InChI=1S/C13H20N4O/c1-15-12-5-4-10(7-16-12)8-17-6-2-3-11(9-17)13(14)18/h4-5,7,11H,2-3,6,8-9H2,1H3,(H2,14,18)(H,15,16). The molecule has 5 heteroatoms. The molecule has 1 saturated heterocycles. The smallest absolute Gasteiger partial charge is 0.221 e. The second-order valence-corrected chi connectivity index (χ2v) is 4.78. The van der Waals surface area contributed by atoms with E-state index in [1.54, 1.807) is 0 Å². The number of anilines is 1. The molecule has 1 aliphatic rings. The van der Waals surface area contributed by atoms with Crippen LogP contribution in [0.3, 0.4) is 0 Å². The summed E-state index contributed by atoms with van der Waals surface area (Å²) < 4.78 is 0. The molecule has 0 aliphatic carbocycles. The van der Waals surface area contributed by atoms with Crippen molar-refractivity contribution in [1.29, 1.82) is 0 Å². The number of likely N-dealkylation sites (tertiary alicyclic amines) is 1. The lowest BCUT2D eigenvalue weighted by Gasteiger charge is -2.31. The molecule has 0 bridgehead atoms. The number of carbonyl (C=O) groups excluding carboxylic acids is 1. The molecule has 1 aromatic rings. The monoisotopic (exact) mass is 248 g/mol. The van der Waals surface area contributed by atoms with Crippen LogP contribution in [-0.4, -0.2) is 35.9 Å². The van der Waals surface area contributed by atoms with Gasteiger partial charge in [0.2, 0.25) is 5.91 Å². The normalized spacial score (nSPS) is 20.6. The fraction of sp³-hybridized carbons (Fsp3) is 0.538. The third-order valence-electron chi connectivity index (χ3n) is 3.39. The van der Waals surface area contributed by atoms with Crippen LogP contribution < -0.4 is 11.1 Å². The van der Waals surface area contributed by atoms with Crippen molar-refractivity contribution in [3.05, 3.63) is 23.9 Å². The molecule has 1 amide bonds. The van der Waals surface area contributed by atoms with Gasteiger partial charge in [0.15, 0.2) is 0 Å². The van der Waals surface area contributed by atoms with Crippen molar-refractivity contribution in [2.75, 3.05) is 25.5 Å². The van der Waals surface area contributed by atoms with Crippen LogP contribution in [0.15, 0.2) is 18.3 Å². The highest BCUT2D eigenvalue weighted by molar-refractivity contribution is 5.76. The predicted molar refractivity (Wildman–Crippen MR) is 71.0 cm³/mol. The molecule has 3 N–H and O–H groups in total. The van der Waals surface area contributed by atoms with Gasteiger partial charge in [-0.3, -0.25) is 9.69 Å². The average molecular weight is 248 g/mol. The molecule has 2 heterocycles. The number of hydrogen-bond acceptors (Lipinski definition) is 4. The zero-order chi connectivity index (χ0) is 13.0. The highest BCUT2D eigenvalue weighted by atomic mass is 16.1. The van der Waals surface area contributed by atoms with Crippen LogP contribution in [0.4, 0.5) is 5.82 Å². The lowest BCUT2D eigenvalue weighted by molar-refractivity contribution is -0.123. The van der Waals surface area contributed by atoms with Crippen molar-refractivity contribution in [2.24, 2.45) is 11.7 Å². The van der Waals surface area contributed by atoms with Crippen molar-refractivity contribution in [2.45, 2.75) is 19.4 Å². The molecule has 0 saturated carbocycles. The summed E-state index contributed by atoms with van der Waals surface area (Å²) in [4.78, 5) is 17.8. The third kappa shape index (κ3) is 3.20. The predicted octanol–water partition coefficient (Wildman–Crippen LogP) is 0.821. The molecule has 1 aromatic heterocycles. The van der Waals surface area contributed by atoms with Crippen LogP contribution in [0.2, 0.25) is 0 Å². The summed E-state index contributed by atoms with van der Waals surface area (Å²) in [5, 5.41) is 2.99. The van der Waals surface area contributed by atoms with E-state index in [1.165, 1.54) is 5.56 Å². The Kier molecular flexibility index (Phi) is 4.15. The second-order valence-electron chi connectivity index (χ2n) is 4.78. The topological polar surface area (TPSA) is 71.2 Å². The molecule has 1 atom stereocenters.